The Hall–Kier alpha value is -3.55. The summed E-state index contributed by atoms with van der Waals surface area (Å²) < 4.78 is 28.0. The molecule has 4 aromatic rings. The summed E-state index contributed by atoms with van der Waals surface area (Å²) in [7, 11) is -3.77. The lowest BCUT2D eigenvalue weighted by Crippen LogP contribution is -2.23. The first-order valence-electron chi connectivity index (χ1n) is 9.73. The van der Waals surface area contributed by atoms with Crippen LogP contribution in [0.4, 0.5) is 5.69 Å². The van der Waals surface area contributed by atoms with Gasteiger partial charge in [0, 0.05) is 23.7 Å². The molecule has 1 heterocycles. The number of carbonyl (C=O) groups excluding carboxylic acids is 1. The van der Waals surface area contributed by atoms with Crippen molar-refractivity contribution < 1.29 is 13.2 Å². The second-order valence-electron chi connectivity index (χ2n) is 7.12. The minimum atomic E-state index is -3.77. The fraction of sp³-hybridized carbons (Fsp3) is 0.0833. The van der Waals surface area contributed by atoms with Gasteiger partial charge in [0.05, 0.1) is 16.1 Å². The average molecular weight is 432 g/mol. The van der Waals surface area contributed by atoms with Crippen LogP contribution in [0.5, 0.6) is 0 Å². The molecule has 0 radical (unpaired) electrons. The maximum atomic E-state index is 12.9. The molecule has 1 aromatic heterocycles. The van der Waals surface area contributed by atoms with E-state index in [0.29, 0.717) is 5.69 Å². The number of amides is 1. The number of hydrogen-bond donors (Lipinski definition) is 2. The van der Waals surface area contributed by atoms with Gasteiger partial charge in [0.25, 0.3) is 5.91 Å². The van der Waals surface area contributed by atoms with Gasteiger partial charge in [-0.15, -0.1) is 0 Å². The van der Waals surface area contributed by atoms with Gasteiger partial charge >= 0.3 is 0 Å². The van der Waals surface area contributed by atoms with Crippen LogP contribution in [0.25, 0.3) is 10.9 Å². The average Bonchev–Trinajstić information content (AvgIpc) is 2.80. The van der Waals surface area contributed by atoms with E-state index in [1.807, 2.05) is 61.5 Å². The van der Waals surface area contributed by atoms with Gasteiger partial charge in [-0.1, -0.05) is 42.5 Å². The van der Waals surface area contributed by atoms with Gasteiger partial charge in [0.2, 0.25) is 10.0 Å². The Morgan fingerprint density at radius 1 is 0.935 bits per heavy atom. The van der Waals surface area contributed by atoms with Crippen LogP contribution in [0.3, 0.4) is 0 Å². The van der Waals surface area contributed by atoms with E-state index in [2.05, 4.69) is 15.0 Å². The molecule has 1 amide bonds. The predicted octanol–water partition coefficient (Wildman–Crippen LogP) is 4.27. The van der Waals surface area contributed by atoms with Crippen molar-refractivity contribution in [2.45, 2.75) is 18.4 Å². The molecule has 7 heteroatoms. The van der Waals surface area contributed by atoms with Gasteiger partial charge < -0.3 is 5.32 Å². The predicted molar refractivity (Wildman–Crippen MR) is 121 cm³/mol. The molecule has 0 bridgehead atoms. The SMILES string of the molecule is Cc1ccc(NC(=O)c2cccc(S(=O)(=O)NCc3ccccc3)c2)c2cccnc12. The molecule has 0 saturated heterocycles. The maximum absolute atomic E-state index is 12.9. The molecule has 0 aliphatic carbocycles. The van der Waals surface area contributed by atoms with Crippen molar-refractivity contribution in [3.8, 4) is 0 Å². The van der Waals surface area contributed by atoms with Gasteiger partial charge in [0.1, 0.15) is 0 Å². The van der Waals surface area contributed by atoms with E-state index in [1.54, 1.807) is 18.3 Å². The number of nitrogens with zero attached hydrogens (tertiary/aromatic N) is 1. The highest BCUT2D eigenvalue weighted by molar-refractivity contribution is 7.89. The summed E-state index contributed by atoms with van der Waals surface area (Å²) in [6.07, 6.45) is 1.71. The second kappa shape index (κ2) is 8.67. The number of fused-ring (bicyclic) bond motifs is 1. The summed E-state index contributed by atoms with van der Waals surface area (Å²) in [6, 6.07) is 22.6. The first kappa shape index (κ1) is 20.7. The molecule has 0 fully saturated rings. The molecule has 156 valence electrons. The maximum Gasteiger partial charge on any atom is 0.255 e. The van der Waals surface area contributed by atoms with E-state index in [0.717, 1.165) is 22.0 Å². The van der Waals surface area contributed by atoms with Gasteiger partial charge in [-0.2, -0.15) is 0 Å². The number of hydrogen-bond acceptors (Lipinski definition) is 4. The third kappa shape index (κ3) is 4.63. The van der Waals surface area contributed by atoms with E-state index in [-0.39, 0.29) is 17.0 Å². The van der Waals surface area contributed by atoms with E-state index >= 15 is 0 Å². The quantitative estimate of drug-likeness (QED) is 0.477. The molecule has 2 N–H and O–H groups in total. The number of benzene rings is 3. The highest BCUT2D eigenvalue weighted by Crippen LogP contribution is 2.25. The molecule has 0 unspecified atom stereocenters. The van der Waals surface area contributed by atoms with Crippen LogP contribution in [0, 0.1) is 6.92 Å². The summed E-state index contributed by atoms with van der Waals surface area (Å²) in [4.78, 5) is 17.3. The fourth-order valence-corrected chi connectivity index (χ4v) is 4.34. The van der Waals surface area contributed by atoms with Crippen molar-refractivity contribution in [1.29, 1.82) is 0 Å². The van der Waals surface area contributed by atoms with Crippen LogP contribution in [0.2, 0.25) is 0 Å². The summed E-state index contributed by atoms with van der Waals surface area (Å²) in [5.41, 5.74) is 3.53. The Morgan fingerprint density at radius 3 is 2.55 bits per heavy atom. The molecule has 0 aliphatic heterocycles. The molecule has 0 spiro atoms. The third-order valence-corrected chi connectivity index (χ3v) is 6.33. The summed E-state index contributed by atoms with van der Waals surface area (Å²) in [5, 5.41) is 3.69. The number of nitrogens with one attached hydrogen (secondary N) is 2. The molecule has 4 rings (SSSR count). The monoisotopic (exact) mass is 431 g/mol. The first-order chi connectivity index (χ1) is 14.9. The topological polar surface area (TPSA) is 88.2 Å². The number of rotatable bonds is 6. The number of sulfonamides is 1. The molecular weight excluding hydrogens is 410 g/mol. The minimum Gasteiger partial charge on any atom is -0.321 e. The van der Waals surface area contributed by atoms with Crippen LogP contribution in [0.15, 0.2) is 90.0 Å². The second-order valence-corrected chi connectivity index (χ2v) is 8.89. The Balaban J connectivity index is 1.55. The minimum absolute atomic E-state index is 0.0338. The summed E-state index contributed by atoms with van der Waals surface area (Å²) in [6.45, 7) is 2.12. The Morgan fingerprint density at radius 2 is 1.74 bits per heavy atom. The third-order valence-electron chi connectivity index (χ3n) is 4.94. The van der Waals surface area contributed by atoms with Crippen LogP contribution in [0.1, 0.15) is 21.5 Å². The molecule has 6 nitrogen and oxygen atoms in total. The van der Waals surface area contributed by atoms with E-state index < -0.39 is 15.9 Å². The largest absolute Gasteiger partial charge is 0.321 e. The van der Waals surface area contributed by atoms with Crippen molar-refractivity contribution >= 4 is 32.5 Å². The van der Waals surface area contributed by atoms with Gasteiger partial charge in [0.15, 0.2) is 0 Å². The van der Waals surface area contributed by atoms with Crippen molar-refractivity contribution in [2.24, 2.45) is 0 Å². The molecule has 3 aromatic carbocycles. The van der Waals surface area contributed by atoms with Crippen LogP contribution in [-0.4, -0.2) is 19.3 Å². The van der Waals surface area contributed by atoms with Crippen molar-refractivity contribution in [2.75, 3.05) is 5.32 Å². The van der Waals surface area contributed by atoms with Crippen molar-refractivity contribution in [3.63, 3.8) is 0 Å². The first-order valence-corrected chi connectivity index (χ1v) is 11.2. The zero-order chi connectivity index (χ0) is 21.8. The van der Waals surface area contributed by atoms with Gasteiger partial charge in [-0.3, -0.25) is 9.78 Å². The number of aromatic nitrogens is 1. The normalized spacial score (nSPS) is 11.4. The number of aryl methyl sites for hydroxylation is 1. The fourth-order valence-electron chi connectivity index (χ4n) is 3.28. The molecule has 0 aliphatic rings. The van der Waals surface area contributed by atoms with E-state index in [1.165, 1.54) is 12.1 Å². The standard InChI is InChI=1S/C24H21N3O3S/c1-17-12-13-22(21-11-6-14-25-23(17)21)27-24(28)19-9-5-10-20(15-19)31(29,30)26-16-18-7-3-2-4-8-18/h2-15,26H,16H2,1H3,(H,27,28). The van der Waals surface area contributed by atoms with E-state index in [9.17, 15) is 13.2 Å². The summed E-state index contributed by atoms with van der Waals surface area (Å²) in [5.74, 6) is -0.394. The number of carbonyl (C=O) groups is 1. The highest BCUT2D eigenvalue weighted by atomic mass is 32.2. The highest BCUT2D eigenvalue weighted by Gasteiger charge is 2.17. The number of anilines is 1. The summed E-state index contributed by atoms with van der Waals surface area (Å²) >= 11 is 0. The lowest BCUT2D eigenvalue weighted by Gasteiger charge is -2.11. The lowest BCUT2D eigenvalue weighted by molar-refractivity contribution is 0.102. The molecule has 31 heavy (non-hydrogen) atoms. The van der Waals surface area contributed by atoms with Gasteiger partial charge in [-0.05, 0) is 54.4 Å². The number of pyridine rings is 1. The van der Waals surface area contributed by atoms with E-state index in [4.69, 9.17) is 0 Å². The Labute approximate surface area is 181 Å². The molecular formula is C24H21N3O3S. The lowest BCUT2D eigenvalue weighted by atomic mass is 10.1. The molecule has 0 saturated carbocycles. The van der Waals surface area contributed by atoms with Crippen LogP contribution in [-0.2, 0) is 16.6 Å². The van der Waals surface area contributed by atoms with Crippen molar-refractivity contribution in [3.05, 3.63) is 102 Å². The Bertz CT molecular complexity index is 1350. The Kier molecular flexibility index (Phi) is 5.79. The van der Waals surface area contributed by atoms with Crippen LogP contribution < -0.4 is 10.0 Å². The van der Waals surface area contributed by atoms with Crippen LogP contribution >= 0.6 is 0 Å². The smallest absolute Gasteiger partial charge is 0.255 e. The van der Waals surface area contributed by atoms with Crippen molar-refractivity contribution in [1.82, 2.24) is 9.71 Å². The zero-order valence-electron chi connectivity index (χ0n) is 16.9. The zero-order valence-corrected chi connectivity index (χ0v) is 17.7. The van der Waals surface area contributed by atoms with Gasteiger partial charge in [-0.25, -0.2) is 13.1 Å². The molecule has 0 atom stereocenters.